The molecule has 1 heterocycles. The highest BCUT2D eigenvalue weighted by molar-refractivity contribution is 7.90. The molecule has 1 saturated heterocycles. The van der Waals surface area contributed by atoms with Crippen molar-refractivity contribution < 1.29 is 32.4 Å². The van der Waals surface area contributed by atoms with Crippen molar-refractivity contribution in [1.82, 2.24) is 25.6 Å². The zero-order valence-electron chi connectivity index (χ0n) is 27.8. The Labute approximate surface area is 272 Å². The average molecular weight is 665 g/mol. The summed E-state index contributed by atoms with van der Waals surface area (Å²) in [4.78, 5) is 67.7. The van der Waals surface area contributed by atoms with Crippen molar-refractivity contribution >= 4 is 39.6 Å². The van der Waals surface area contributed by atoms with Gasteiger partial charge in [0.05, 0.1) is 16.8 Å². The summed E-state index contributed by atoms with van der Waals surface area (Å²) in [7, 11) is -3.45. The normalized spacial score (nSPS) is 27.9. The lowest BCUT2D eigenvalue weighted by Gasteiger charge is -2.41. The standard InChI is InChI=1S/C32H52N6O7S/c1-30(2,3)25(36-29(43)37-32(13-7-6-8-14-32)17-34-46(44,45)19-11-12-19)28(42)38-16-20-22(31(20,4)5)23(38)27(41)35-21(15-18-9-10-18)24(39)26(33)40/h18-23,25,34H,6-17H2,1-5H3,(H2,33,40)(H,35,41)(H2,36,37,43)/t20-,21?,22-,23-,25+/m0/s1. The topological polar surface area (TPSA) is 197 Å². The molecule has 4 saturated carbocycles. The maximum Gasteiger partial charge on any atom is 0.315 e. The van der Waals surface area contributed by atoms with Gasteiger partial charge in [-0.2, -0.15) is 0 Å². The van der Waals surface area contributed by atoms with Crippen molar-refractivity contribution in [3.05, 3.63) is 0 Å². The van der Waals surface area contributed by atoms with E-state index < -0.39 is 68.6 Å². The van der Waals surface area contributed by atoms with Gasteiger partial charge >= 0.3 is 6.03 Å². The first-order valence-electron chi connectivity index (χ1n) is 16.9. The quantitative estimate of drug-likeness (QED) is 0.183. The number of fused-ring (bicyclic) bond motifs is 1. The van der Waals surface area contributed by atoms with E-state index in [9.17, 15) is 32.4 Å². The largest absolute Gasteiger partial charge is 0.363 e. The van der Waals surface area contributed by atoms with E-state index in [0.717, 1.165) is 32.1 Å². The number of hydrogen-bond donors (Lipinski definition) is 5. The number of piperidine rings is 1. The van der Waals surface area contributed by atoms with Crippen LogP contribution in [-0.4, -0.2) is 84.9 Å². The van der Waals surface area contributed by atoms with Crippen molar-refractivity contribution in [1.29, 1.82) is 0 Å². The second-order valence-electron chi connectivity index (χ2n) is 16.2. The first kappa shape index (κ1) is 34.6. The second kappa shape index (κ2) is 12.4. The van der Waals surface area contributed by atoms with Gasteiger partial charge in [0, 0.05) is 13.1 Å². The van der Waals surface area contributed by atoms with E-state index in [1.54, 1.807) is 0 Å². The Balaban J connectivity index is 1.31. The number of nitrogens with one attached hydrogen (secondary N) is 4. The van der Waals surface area contributed by atoms with Crippen molar-refractivity contribution in [2.75, 3.05) is 13.1 Å². The molecule has 0 spiro atoms. The lowest BCUT2D eigenvalue weighted by Crippen LogP contribution is -2.64. The lowest BCUT2D eigenvalue weighted by molar-refractivity contribution is -0.145. The van der Waals surface area contributed by atoms with Crippen LogP contribution >= 0.6 is 0 Å². The van der Waals surface area contributed by atoms with E-state index in [0.29, 0.717) is 38.6 Å². The Kier molecular flexibility index (Phi) is 9.30. The van der Waals surface area contributed by atoms with E-state index in [1.807, 2.05) is 20.8 Å². The second-order valence-corrected chi connectivity index (χ2v) is 18.2. The van der Waals surface area contributed by atoms with Crippen LogP contribution < -0.4 is 26.4 Å². The van der Waals surface area contributed by atoms with Crippen molar-refractivity contribution in [3.8, 4) is 0 Å². The fourth-order valence-electron chi connectivity index (χ4n) is 7.69. The van der Waals surface area contributed by atoms with Crippen LogP contribution in [0.25, 0.3) is 0 Å². The molecule has 6 N–H and O–H groups in total. The number of nitrogens with two attached hydrogens (primary N) is 1. The van der Waals surface area contributed by atoms with Crippen LogP contribution in [0, 0.1) is 28.6 Å². The summed E-state index contributed by atoms with van der Waals surface area (Å²) in [6, 6.07) is -3.47. The Morgan fingerprint density at radius 1 is 0.957 bits per heavy atom. The maximum atomic E-state index is 14.3. The Morgan fingerprint density at radius 3 is 2.13 bits per heavy atom. The number of urea groups is 1. The fraction of sp³-hybridized carbons (Fsp3) is 0.844. The zero-order chi connectivity index (χ0) is 33.8. The van der Waals surface area contributed by atoms with Gasteiger partial charge in [0.15, 0.2) is 0 Å². The van der Waals surface area contributed by atoms with Gasteiger partial charge in [0.25, 0.3) is 5.91 Å². The maximum absolute atomic E-state index is 14.3. The highest BCUT2D eigenvalue weighted by Crippen LogP contribution is 2.65. The molecule has 14 heteroatoms. The molecule has 0 aromatic heterocycles. The number of carbonyl (C=O) groups is 5. The Bertz CT molecular complexity index is 1360. The first-order valence-corrected chi connectivity index (χ1v) is 18.4. The first-order chi connectivity index (χ1) is 21.4. The van der Waals surface area contributed by atoms with Gasteiger partial charge < -0.3 is 26.6 Å². The molecule has 5 atom stereocenters. The van der Waals surface area contributed by atoms with Crippen LogP contribution in [0.15, 0.2) is 0 Å². The molecule has 4 aliphatic carbocycles. The van der Waals surface area contributed by atoms with E-state index >= 15 is 0 Å². The van der Waals surface area contributed by atoms with Crippen LogP contribution in [0.4, 0.5) is 4.79 Å². The molecule has 0 bridgehead atoms. The van der Waals surface area contributed by atoms with Gasteiger partial charge in [-0.1, -0.05) is 66.7 Å². The minimum Gasteiger partial charge on any atom is -0.363 e. The van der Waals surface area contributed by atoms with Gasteiger partial charge in [-0.05, 0) is 60.7 Å². The third kappa shape index (κ3) is 7.37. The number of likely N-dealkylation sites (tertiary alicyclic amines) is 1. The molecule has 1 unspecified atom stereocenters. The fourth-order valence-corrected chi connectivity index (χ4v) is 9.16. The number of primary amides is 1. The van der Waals surface area contributed by atoms with E-state index in [2.05, 4.69) is 34.5 Å². The number of nitrogens with zero attached hydrogens (tertiary/aromatic N) is 1. The van der Waals surface area contributed by atoms with E-state index in [1.165, 1.54) is 4.90 Å². The molecule has 5 aliphatic rings. The van der Waals surface area contributed by atoms with Crippen LogP contribution in [0.1, 0.15) is 98.8 Å². The molecule has 258 valence electrons. The molecule has 5 fully saturated rings. The zero-order valence-corrected chi connectivity index (χ0v) is 28.6. The van der Waals surface area contributed by atoms with Gasteiger partial charge in [0.2, 0.25) is 27.6 Å². The van der Waals surface area contributed by atoms with Gasteiger partial charge in [-0.25, -0.2) is 17.9 Å². The molecule has 5 rings (SSSR count). The average Bonchev–Trinajstić information content (AvgIpc) is 3.91. The minimum absolute atomic E-state index is 0.0698. The SMILES string of the molecule is CC(C)(C)[C@H](NC(=O)NC1(CNS(=O)(=O)C2CC2)CCCCC1)C(=O)N1C[C@H]2[C@@H]([C@H]1C(=O)NC(CC1CC1)C(=O)C(N)=O)C2(C)C. The summed E-state index contributed by atoms with van der Waals surface area (Å²) in [5.41, 5.74) is 3.59. The number of ketones is 1. The van der Waals surface area contributed by atoms with E-state index in [-0.39, 0.29) is 35.0 Å². The number of amides is 5. The highest BCUT2D eigenvalue weighted by Gasteiger charge is 2.70. The van der Waals surface area contributed by atoms with Crippen molar-refractivity contribution in [3.63, 3.8) is 0 Å². The van der Waals surface area contributed by atoms with Gasteiger partial charge in [-0.15, -0.1) is 0 Å². The van der Waals surface area contributed by atoms with E-state index in [4.69, 9.17) is 5.73 Å². The number of Topliss-reactive ketones (excluding diaryl/α,β-unsaturated/α-hetero) is 1. The summed E-state index contributed by atoms with van der Waals surface area (Å²) in [5, 5.41) is 8.33. The summed E-state index contributed by atoms with van der Waals surface area (Å²) in [6.07, 6.45) is 7.35. The Hall–Kier alpha value is -2.74. The molecule has 0 aromatic rings. The molecule has 1 aliphatic heterocycles. The summed E-state index contributed by atoms with van der Waals surface area (Å²) in [6.45, 7) is 10.0. The van der Waals surface area contributed by atoms with Crippen molar-refractivity contribution in [2.45, 2.75) is 128 Å². The van der Waals surface area contributed by atoms with Crippen LogP contribution in [-0.2, 0) is 29.2 Å². The minimum atomic E-state index is -3.45. The number of hydrogen-bond acceptors (Lipinski definition) is 7. The number of carbonyl (C=O) groups excluding carboxylic acids is 5. The third-order valence-corrected chi connectivity index (χ3v) is 13.0. The highest BCUT2D eigenvalue weighted by atomic mass is 32.2. The molecular weight excluding hydrogens is 612 g/mol. The summed E-state index contributed by atoms with van der Waals surface area (Å²) in [5.74, 6) is -2.67. The lowest BCUT2D eigenvalue weighted by atomic mass is 9.81. The van der Waals surface area contributed by atoms with Crippen LogP contribution in [0.3, 0.4) is 0 Å². The van der Waals surface area contributed by atoms with Crippen molar-refractivity contribution in [2.24, 2.45) is 34.3 Å². The van der Waals surface area contributed by atoms with Gasteiger partial charge in [-0.3, -0.25) is 19.2 Å². The monoisotopic (exact) mass is 664 g/mol. The predicted octanol–water partition coefficient (Wildman–Crippen LogP) is 1.31. The van der Waals surface area contributed by atoms with Gasteiger partial charge in [0.1, 0.15) is 12.1 Å². The predicted molar refractivity (Wildman–Crippen MR) is 170 cm³/mol. The third-order valence-electron chi connectivity index (χ3n) is 11.1. The molecule has 5 amide bonds. The van der Waals surface area contributed by atoms with Crippen LogP contribution in [0.5, 0.6) is 0 Å². The number of sulfonamides is 1. The molecule has 13 nitrogen and oxygen atoms in total. The molecule has 0 radical (unpaired) electrons. The number of rotatable bonds is 13. The summed E-state index contributed by atoms with van der Waals surface area (Å²) >= 11 is 0. The smallest absolute Gasteiger partial charge is 0.315 e. The molecular formula is C32H52N6O7S. The molecule has 46 heavy (non-hydrogen) atoms. The van der Waals surface area contributed by atoms with Crippen LogP contribution in [0.2, 0.25) is 0 Å². The summed E-state index contributed by atoms with van der Waals surface area (Å²) < 4.78 is 27.9. The molecule has 0 aromatic carbocycles. The Morgan fingerprint density at radius 2 is 1.59 bits per heavy atom.